The van der Waals surface area contributed by atoms with Crippen molar-refractivity contribution in [3.8, 4) is 0 Å². The maximum absolute atomic E-state index is 11.9. The molecule has 0 fully saturated rings. The summed E-state index contributed by atoms with van der Waals surface area (Å²) in [6.45, 7) is 1.88. The summed E-state index contributed by atoms with van der Waals surface area (Å²) in [5.41, 5.74) is 8.10. The number of pyridine rings is 2. The number of amides is 1. The Morgan fingerprint density at radius 2 is 2.12 bits per heavy atom. The molecule has 0 aromatic carbocycles. The van der Waals surface area contributed by atoms with Crippen molar-refractivity contribution in [3.63, 3.8) is 0 Å². The van der Waals surface area contributed by atoms with E-state index < -0.39 is 0 Å². The van der Waals surface area contributed by atoms with Crippen molar-refractivity contribution in [1.82, 2.24) is 9.97 Å². The molecule has 0 saturated carbocycles. The predicted octanol–water partition coefficient (Wildman–Crippen LogP) is 1.62. The normalized spacial score (nSPS) is 9.94. The molecule has 0 saturated heterocycles. The Hall–Kier alpha value is -2.43. The van der Waals surface area contributed by atoms with Crippen LogP contribution in [0.1, 0.15) is 15.9 Å². The summed E-state index contributed by atoms with van der Waals surface area (Å²) in [4.78, 5) is 19.7. The molecule has 0 bridgehead atoms. The molecule has 5 nitrogen and oxygen atoms in total. The highest BCUT2D eigenvalue weighted by Gasteiger charge is 2.08. The number of hydrogen-bond acceptors (Lipinski definition) is 4. The van der Waals surface area contributed by atoms with E-state index in [-0.39, 0.29) is 5.91 Å². The zero-order chi connectivity index (χ0) is 12.3. The quantitative estimate of drug-likeness (QED) is 0.818. The Labute approximate surface area is 98.7 Å². The van der Waals surface area contributed by atoms with E-state index in [0.29, 0.717) is 16.9 Å². The van der Waals surface area contributed by atoms with Gasteiger partial charge in [-0.05, 0) is 24.6 Å². The van der Waals surface area contributed by atoms with E-state index in [1.165, 1.54) is 12.4 Å². The van der Waals surface area contributed by atoms with Gasteiger partial charge < -0.3 is 11.1 Å². The Bertz CT molecular complexity index is 554. The number of anilines is 2. The highest BCUT2D eigenvalue weighted by molar-refractivity contribution is 6.05. The average Bonchev–Trinajstić information content (AvgIpc) is 2.32. The maximum atomic E-state index is 11.9. The van der Waals surface area contributed by atoms with E-state index in [0.717, 1.165) is 5.56 Å². The fraction of sp³-hybridized carbons (Fsp3) is 0.0833. The molecule has 86 valence electrons. The number of rotatable bonds is 2. The molecular formula is C12H12N4O. The first-order valence-electron chi connectivity index (χ1n) is 5.09. The van der Waals surface area contributed by atoms with Crippen LogP contribution in [0.2, 0.25) is 0 Å². The number of nitrogens with two attached hydrogens (primary N) is 1. The van der Waals surface area contributed by atoms with Gasteiger partial charge in [0, 0.05) is 18.6 Å². The van der Waals surface area contributed by atoms with Gasteiger partial charge in [-0.3, -0.25) is 14.8 Å². The molecule has 3 N–H and O–H groups in total. The SMILES string of the molecule is Cc1cncc(C(=O)Nc2ccncc2N)c1. The topological polar surface area (TPSA) is 80.9 Å². The second-order valence-electron chi connectivity index (χ2n) is 3.67. The first-order chi connectivity index (χ1) is 8.16. The zero-order valence-corrected chi connectivity index (χ0v) is 9.34. The van der Waals surface area contributed by atoms with Crippen molar-refractivity contribution in [2.75, 3.05) is 11.1 Å². The molecule has 0 spiro atoms. The van der Waals surface area contributed by atoms with Gasteiger partial charge in [-0.15, -0.1) is 0 Å². The minimum Gasteiger partial charge on any atom is -0.396 e. The van der Waals surface area contributed by atoms with E-state index in [2.05, 4.69) is 15.3 Å². The van der Waals surface area contributed by atoms with Crippen LogP contribution in [0, 0.1) is 6.92 Å². The van der Waals surface area contributed by atoms with E-state index in [4.69, 9.17) is 5.73 Å². The van der Waals surface area contributed by atoms with Crippen molar-refractivity contribution in [1.29, 1.82) is 0 Å². The third-order valence-electron chi connectivity index (χ3n) is 2.24. The van der Waals surface area contributed by atoms with Crippen LogP contribution < -0.4 is 11.1 Å². The second kappa shape index (κ2) is 4.61. The van der Waals surface area contributed by atoms with Crippen LogP contribution in [0.3, 0.4) is 0 Å². The van der Waals surface area contributed by atoms with Gasteiger partial charge in [0.1, 0.15) is 0 Å². The molecule has 0 radical (unpaired) electrons. The number of carbonyl (C=O) groups is 1. The fourth-order valence-corrected chi connectivity index (χ4v) is 1.39. The summed E-state index contributed by atoms with van der Waals surface area (Å²) in [6, 6.07) is 3.41. The first kappa shape index (κ1) is 11.1. The van der Waals surface area contributed by atoms with Crippen molar-refractivity contribution in [3.05, 3.63) is 48.0 Å². The average molecular weight is 228 g/mol. The predicted molar refractivity (Wildman–Crippen MR) is 65.6 cm³/mol. The van der Waals surface area contributed by atoms with Crippen molar-refractivity contribution >= 4 is 17.3 Å². The number of hydrogen-bond donors (Lipinski definition) is 2. The maximum Gasteiger partial charge on any atom is 0.257 e. The first-order valence-corrected chi connectivity index (χ1v) is 5.09. The minimum atomic E-state index is -0.237. The highest BCUT2D eigenvalue weighted by Crippen LogP contribution is 2.16. The highest BCUT2D eigenvalue weighted by atomic mass is 16.1. The smallest absolute Gasteiger partial charge is 0.257 e. The third-order valence-corrected chi connectivity index (χ3v) is 2.24. The van der Waals surface area contributed by atoms with Gasteiger partial charge in [0.2, 0.25) is 0 Å². The number of aryl methyl sites for hydroxylation is 1. The van der Waals surface area contributed by atoms with E-state index >= 15 is 0 Å². The molecule has 17 heavy (non-hydrogen) atoms. The summed E-state index contributed by atoms with van der Waals surface area (Å²) >= 11 is 0. The van der Waals surface area contributed by atoms with Crippen LogP contribution in [-0.2, 0) is 0 Å². The zero-order valence-electron chi connectivity index (χ0n) is 9.34. The molecule has 0 unspecified atom stereocenters. The lowest BCUT2D eigenvalue weighted by molar-refractivity contribution is 0.102. The lowest BCUT2D eigenvalue weighted by Crippen LogP contribution is -2.13. The molecule has 0 aliphatic carbocycles. The van der Waals surface area contributed by atoms with Crippen molar-refractivity contribution in [2.45, 2.75) is 6.92 Å². The van der Waals surface area contributed by atoms with Gasteiger partial charge in [-0.2, -0.15) is 0 Å². The van der Waals surface area contributed by atoms with Crippen LogP contribution in [-0.4, -0.2) is 15.9 Å². The molecule has 0 aliphatic heterocycles. The lowest BCUT2D eigenvalue weighted by Gasteiger charge is -2.07. The molecule has 0 aliphatic rings. The lowest BCUT2D eigenvalue weighted by atomic mass is 10.2. The summed E-state index contributed by atoms with van der Waals surface area (Å²) in [5, 5.41) is 2.71. The summed E-state index contributed by atoms with van der Waals surface area (Å²) in [7, 11) is 0. The van der Waals surface area contributed by atoms with Gasteiger partial charge in [0.25, 0.3) is 5.91 Å². The number of nitrogens with one attached hydrogen (secondary N) is 1. The van der Waals surface area contributed by atoms with E-state index in [9.17, 15) is 4.79 Å². The van der Waals surface area contributed by atoms with Gasteiger partial charge >= 0.3 is 0 Å². The molecule has 2 aromatic heterocycles. The Morgan fingerprint density at radius 1 is 1.29 bits per heavy atom. The van der Waals surface area contributed by atoms with E-state index in [1.807, 2.05) is 6.92 Å². The van der Waals surface area contributed by atoms with Crippen LogP contribution in [0.25, 0.3) is 0 Å². The Kier molecular flexibility index (Phi) is 3.00. The summed E-state index contributed by atoms with van der Waals surface area (Å²) in [6.07, 6.45) is 6.27. The van der Waals surface area contributed by atoms with Crippen molar-refractivity contribution < 1.29 is 4.79 Å². The largest absolute Gasteiger partial charge is 0.396 e. The molecule has 5 heteroatoms. The molecule has 0 atom stereocenters. The number of nitrogens with zero attached hydrogens (tertiary/aromatic N) is 2. The molecule has 2 heterocycles. The minimum absolute atomic E-state index is 0.237. The van der Waals surface area contributed by atoms with E-state index in [1.54, 1.807) is 24.5 Å². The van der Waals surface area contributed by atoms with Crippen molar-refractivity contribution in [2.24, 2.45) is 0 Å². The number of nitrogen functional groups attached to an aromatic ring is 1. The second-order valence-corrected chi connectivity index (χ2v) is 3.67. The fourth-order valence-electron chi connectivity index (χ4n) is 1.39. The number of aromatic nitrogens is 2. The molecule has 1 amide bonds. The standard InChI is InChI=1S/C12H12N4O/c1-8-4-9(6-15-5-8)12(17)16-11-2-3-14-7-10(11)13/h2-7H,13H2,1H3,(H,14,16,17). The molecule has 2 rings (SSSR count). The Balaban J connectivity index is 2.20. The molecular weight excluding hydrogens is 216 g/mol. The van der Waals surface area contributed by atoms with Crippen LogP contribution in [0.4, 0.5) is 11.4 Å². The number of carbonyl (C=O) groups excluding carboxylic acids is 1. The van der Waals surface area contributed by atoms with Crippen LogP contribution >= 0.6 is 0 Å². The van der Waals surface area contributed by atoms with Gasteiger partial charge in [-0.25, -0.2) is 0 Å². The summed E-state index contributed by atoms with van der Waals surface area (Å²) in [5.74, 6) is -0.237. The van der Waals surface area contributed by atoms with Crippen LogP contribution in [0.5, 0.6) is 0 Å². The van der Waals surface area contributed by atoms with Gasteiger partial charge in [0.15, 0.2) is 0 Å². The monoisotopic (exact) mass is 228 g/mol. The van der Waals surface area contributed by atoms with Gasteiger partial charge in [-0.1, -0.05) is 0 Å². The van der Waals surface area contributed by atoms with Crippen LogP contribution in [0.15, 0.2) is 36.9 Å². The molecule has 2 aromatic rings. The third kappa shape index (κ3) is 2.57. The van der Waals surface area contributed by atoms with Gasteiger partial charge in [0.05, 0.1) is 23.1 Å². The summed E-state index contributed by atoms with van der Waals surface area (Å²) < 4.78 is 0. The Morgan fingerprint density at radius 3 is 2.82 bits per heavy atom.